The van der Waals surface area contributed by atoms with Gasteiger partial charge in [-0.05, 0) is 75.9 Å². The topological polar surface area (TPSA) is 32.8 Å². The molecule has 0 radical (unpaired) electrons. The minimum Gasteiger partial charge on any atom is -0.484 e. The quantitative estimate of drug-likeness (QED) is 0.691. The average Bonchev–Trinajstić information content (AvgIpc) is 2.99. The largest absolute Gasteiger partial charge is 0.484 e. The molecular weight excluding hydrogens is 372 g/mol. The molecule has 1 saturated carbocycles. The fraction of sp³-hybridized carbons (Fsp3) is 0.696. The van der Waals surface area contributed by atoms with Crippen molar-refractivity contribution in [1.82, 2.24) is 9.80 Å². The fourth-order valence-electron chi connectivity index (χ4n) is 4.82. The Morgan fingerprint density at radius 2 is 1.68 bits per heavy atom. The maximum Gasteiger partial charge on any atom is 0.260 e. The number of hydrogen-bond acceptors (Lipinski definition) is 3. The molecule has 1 amide bonds. The van der Waals surface area contributed by atoms with Crippen LogP contribution in [0.25, 0.3) is 0 Å². The highest BCUT2D eigenvalue weighted by Gasteiger charge is 2.34. The SMILES string of the molecule is Cc1cc(OCC(=O)N(C)[C@@H]2CCCC[C@H]2N2CCCCCC2)cc(C)c1Cl. The van der Waals surface area contributed by atoms with Gasteiger partial charge in [-0.2, -0.15) is 0 Å². The molecule has 4 nitrogen and oxygen atoms in total. The molecule has 28 heavy (non-hydrogen) atoms. The summed E-state index contributed by atoms with van der Waals surface area (Å²) < 4.78 is 5.83. The normalized spacial score (nSPS) is 23.9. The Hall–Kier alpha value is -1.26. The van der Waals surface area contributed by atoms with E-state index in [-0.39, 0.29) is 12.5 Å². The Balaban J connectivity index is 1.62. The van der Waals surface area contributed by atoms with Gasteiger partial charge in [0.2, 0.25) is 0 Å². The van der Waals surface area contributed by atoms with Crippen molar-refractivity contribution in [2.24, 2.45) is 0 Å². The maximum atomic E-state index is 12.9. The fourth-order valence-corrected chi connectivity index (χ4v) is 4.93. The summed E-state index contributed by atoms with van der Waals surface area (Å²) in [7, 11) is 1.96. The molecule has 5 heteroatoms. The second-order valence-electron chi connectivity index (χ2n) is 8.53. The summed E-state index contributed by atoms with van der Waals surface area (Å²) in [5.41, 5.74) is 1.96. The molecule has 0 bridgehead atoms. The van der Waals surface area contributed by atoms with Gasteiger partial charge < -0.3 is 9.64 Å². The van der Waals surface area contributed by atoms with Crippen molar-refractivity contribution in [3.8, 4) is 5.75 Å². The summed E-state index contributed by atoms with van der Waals surface area (Å²) in [5, 5.41) is 0.762. The van der Waals surface area contributed by atoms with Crippen LogP contribution in [0.4, 0.5) is 0 Å². The molecule has 0 N–H and O–H groups in total. The summed E-state index contributed by atoms with van der Waals surface area (Å²) in [6, 6.07) is 4.62. The first-order valence-electron chi connectivity index (χ1n) is 10.9. The molecule has 156 valence electrons. The molecule has 2 fully saturated rings. The Labute approximate surface area is 175 Å². The lowest BCUT2D eigenvalue weighted by Crippen LogP contribution is -2.54. The standard InChI is InChI=1S/C23H35ClN2O2/c1-17-14-19(15-18(2)23(17)24)28-16-22(27)25(3)20-10-6-7-11-21(20)26-12-8-4-5-9-13-26/h14-15,20-21H,4-13,16H2,1-3H3/t20-,21-/m1/s1. The van der Waals surface area contributed by atoms with Crippen LogP contribution in [0.1, 0.15) is 62.5 Å². The number of carbonyl (C=O) groups excluding carboxylic acids is 1. The van der Waals surface area contributed by atoms with Crippen LogP contribution in [0.2, 0.25) is 5.02 Å². The number of carbonyl (C=O) groups is 1. The molecule has 1 aliphatic carbocycles. The Bertz CT molecular complexity index is 648. The minimum atomic E-state index is 0.0666. The highest BCUT2D eigenvalue weighted by molar-refractivity contribution is 6.32. The van der Waals surface area contributed by atoms with Crippen molar-refractivity contribution in [2.45, 2.75) is 77.3 Å². The van der Waals surface area contributed by atoms with Crippen LogP contribution in [0, 0.1) is 13.8 Å². The highest BCUT2D eigenvalue weighted by atomic mass is 35.5. The van der Waals surface area contributed by atoms with Gasteiger partial charge in [-0.3, -0.25) is 9.69 Å². The number of likely N-dealkylation sites (N-methyl/N-ethyl adjacent to an activating group) is 1. The number of halogens is 1. The van der Waals surface area contributed by atoms with Gasteiger partial charge in [0.1, 0.15) is 5.75 Å². The Morgan fingerprint density at radius 1 is 1.07 bits per heavy atom. The van der Waals surface area contributed by atoms with E-state index in [9.17, 15) is 4.79 Å². The molecular formula is C23H35ClN2O2. The van der Waals surface area contributed by atoms with E-state index >= 15 is 0 Å². The van der Waals surface area contributed by atoms with Crippen LogP contribution < -0.4 is 4.74 Å². The lowest BCUT2D eigenvalue weighted by Gasteiger charge is -2.43. The first-order valence-corrected chi connectivity index (χ1v) is 11.2. The van der Waals surface area contributed by atoms with E-state index in [2.05, 4.69) is 4.90 Å². The van der Waals surface area contributed by atoms with Gasteiger partial charge in [0.15, 0.2) is 6.61 Å². The molecule has 3 rings (SSSR count). The molecule has 2 atom stereocenters. The number of aryl methyl sites for hydroxylation is 2. The summed E-state index contributed by atoms with van der Waals surface area (Å²) in [6.45, 7) is 6.38. The summed E-state index contributed by atoms with van der Waals surface area (Å²) >= 11 is 6.23. The summed E-state index contributed by atoms with van der Waals surface area (Å²) in [4.78, 5) is 17.5. The number of ether oxygens (including phenoxy) is 1. The highest BCUT2D eigenvalue weighted by Crippen LogP contribution is 2.29. The number of nitrogens with zero attached hydrogens (tertiary/aromatic N) is 2. The van der Waals surface area contributed by atoms with E-state index < -0.39 is 0 Å². The van der Waals surface area contributed by atoms with Crippen molar-refractivity contribution in [2.75, 3.05) is 26.7 Å². The van der Waals surface area contributed by atoms with Gasteiger partial charge >= 0.3 is 0 Å². The van der Waals surface area contributed by atoms with E-state index in [0.717, 1.165) is 22.6 Å². The van der Waals surface area contributed by atoms with Crippen molar-refractivity contribution < 1.29 is 9.53 Å². The summed E-state index contributed by atoms with van der Waals surface area (Å²) in [5.74, 6) is 0.783. The van der Waals surface area contributed by atoms with Crippen LogP contribution in [0.5, 0.6) is 5.75 Å². The number of amides is 1. The zero-order valence-corrected chi connectivity index (χ0v) is 18.4. The Kier molecular flexibility index (Phi) is 7.64. The van der Waals surface area contributed by atoms with Crippen molar-refractivity contribution in [3.63, 3.8) is 0 Å². The minimum absolute atomic E-state index is 0.0666. The molecule has 0 spiro atoms. The Morgan fingerprint density at radius 3 is 2.32 bits per heavy atom. The molecule has 1 saturated heterocycles. The number of rotatable bonds is 5. The van der Waals surface area contributed by atoms with Crippen molar-refractivity contribution in [1.29, 1.82) is 0 Å². The van der Waals surface area contributed by atoms with Crippen molar-refractivity contribution >= 4 is 17.5 Å². The van der Waals surface area contributed by atoms with E-state index in [4.69, 9.17) is 16.3 Å². The molecule has 1 aromatic carbocycles. The summed E-state index contributed by atoms with van der Waals surface area (Å²) in [6.07, 6.45) is 10.1. The lowest BCUT2D eigenvalue weighted by molar-refractivity contribution is -0.136. The van der Waals surface area contributed by atoms with Gasteiger partial charge in [0.05, 0.1) is 0 Å². The zero-order valence-electron chi connectivity index (χ0n) is 17.7. The van der Waals surface area contributed by atoms with Crippen LogP contribution in [-0.4, -0.2) is 54.5 Å². The maximum absolute atomic E-state index is 12.9. The second kappa shape index (κ2) is 9.98. The van der Waals surface area contributed by atoms with Gasteiger partial charge in [0, 0.05) is 24.2 Å². The lowest BCUT2D eigenvalue weighted by atomic mass is 9.88. The number of benzene rings is 1. The van der Waals surface area contributed by atoms with Gasteiger partial charge in [0.25, 0.3) is 5.91 Å². The van der Waals surface area contributed by atoms with Gasteiger partial charge in [-0.25, -0.2) is 0 Å². The van der Waals surface area contributed by atoms with E-state index in [1.807, 2.05) is 37.9 Å². The first kappa shape index (κ1) is 21.4. The average molecular weight is 407 g/mol. The van der Waals surface area contributed by atoms with E-state index in [1.54, 1.807) is 0 Å². The molecule has 1 aromatic rings. The third kappa shape index (κ3) is 5.21. The predicted octanol–water partition coefficient (Wildman–Crippen LogP) is 4.98. The monoisotopic (exact) mass is 406 g/mol. The van der Waals surface area contributed by atoms with Gasteiger partial charge in [-0.15, -0.1) is 0 Å². The third-order valence-electron chi connectivity index (χ3n) is 6.47. The molecule has 0 aromatic heterocycles. The number of hydrogen-bond donors (Lipinski definition) is 0. The second-order valence-corrected chi connectivity index (χ2v) is 8.91. The smallest absolute Gasteiger partial charge is 0.260 e. The van der Waals surface area contributed by atoms with Gasteiger partial charge in [-0.1, -0.05) is 37.3 Å². The molecule has 1 heterocycles. The van der Waals surface area contributed by atoms with Crippen LogP contribution in [0.15, 0.2) is 12.1 Å². The van der Waals surface area contributed by atoms with E-state index in [1.165, 1.54) is 58.0 Å². The van der Waals surface area contributed by atoms with Crippen LogP contribution in [0.3, 0.4) is 0 Å². The van der Waals surface area contributed by atoms with Crippen LogP contribution in [-0.2, 0) is 4.79 Å². The predicted molar refractivity (Wildman–Crippen MR) is 115 cm³/mol. The van der Waals surface area contributed by atoms with E-state index in [0.29, 0.717) is 17.8 Å². The third-order valence-corrected chi connectivity index (χ3v) is 7.06. The number of likely N-dealkylation sites (tertiary alicyclic amines) is 1. The first-order chi connectivity index (χ1) is 13.5. The van der Waals surface area contributed by atoms with Crippen molar-refractivity contribution in [3.05, 3.63) is 28.3 Å². The zero-order chi connectivity index (χ0) is 20.1. The molecule has 1 aliphatic heterocycles. The van der Waals surface area contributed by atoms with Crippen LogP contribution >= 0.6 is 11.6 Å². The molecule has 0 unspecified atom stereocenters. The molecule has 2 aliphatic rings.